The van der Waals surface area contributed by atoms with E-state index in [0.29, 0.717) is 52.0 Å². The van der Waals surface area contributed by atoms with Gasteiger partial charge >= 0.3 is 6.18 Å². The molecular weight excluding hydrogens is 561 g/mol. The maximum Gasteiger partial charge on any atom is 0.417 e. The molecule has 0 spiro atoms. The van der Waals surface area contributed by atoms with Crippen LogP contribution in [0.25, 0.3) is 0 Å². The molecule has 0 saturated carbocycles. The summed E-state index contributed by atoms with van der Waals surface area (Å²) in [6.07, 6.45) is 0.219. The minimum absolute atomic E-state index is 0.0607. The Hall–Kier alpha value is -3.71. The summed E-state index contributed by atoms with van der Waals surface area (Å²) >= 11 is 2.13. The van der Waals surface area contributed by atoms with Crippen molar-refractivity contribution in [3.05, 3.63) is 71.9 Å². The largest absolute Gasteiger partial charge is 0.452 e. The van der Waals surface area contributed by atoms with Gasteiger partial charge in [0.2, 0.25) is 11.0 Å². The van der Waals surface area contributed by atoms with Crippen LogP contribution < -0.4 is 10.1 Å². The zero-order valence-electron chi connectivity index (χ0n) is 21.6. The smallest absolute Gasteiger partial charge is 0.417 e. The third-order valence-corrected chi connectivity index (χ3v) is 8.08. The van der Waals surface area contributed by atoms with Crippen molar-refractivity contribution in [3.63, 3.8) is 0 Å². The molecule has 0 bridgehead atoms. The van der Waals surface area contributed by atoms with Crippen molar-refractivity contribution in [2.45, 2.75) is 48.6 Å². The summed E-state index contributed by atoms with van der Waals surface area (Å²) in [6.45, 7) is 4.70. The van der Waals surface area contributed by atoms with E-state index in [1.807, 2.05) is 4.90 Å². The van der Waals surface area contributed by atoms with Crippen molar-refractivity contribution in [1.29, 1.82) is 0 Å². The minimum Gasteiger partial charge on any atom is -0.452 e. The molecular formula is C27H25F3N6O2S2. The fourth-order valence-corrected chi connectivity index (χ4v) is 5.88. The van der Waals surface area contributed by atoms with Gasteiger partial charge < -0.3 is 15.0 Å². The van der Waals surface area contributed by atoms with Gasteiger partial charge in [-0.15, -0.1) is 0 Å². The lowest BCUT2D eigenvalue weighted by Gasteiger charge is -2.29. The number of nitrogens with one attached hydrogen (secondary N) is 1. The van der Waals surface area contributed by atoms with E-state index in [9.17, 15) is 18.0 Å². The van der Waals surface area contributed by atoms with Crippen molar-refractivity contribution < 1.29 is 22.7 Å². The van der Waals surface area contributed by atoms with Gasteiger partial charge in [0.15, 0.2) is 11.6 Å². The van der Waals surface area contributed by atoms with E-state index in [-0.39, 0.29) is 16.7 Å². The van der Waals surface area contributed by atoms with Crippen LogP contribution in [0.2, 0.25) is 0 Å². The van der Waals surface area contributed by atoms with Crippen molar-refractivity contribution in [2.75, 3.05) is 18.4 Å². The average Bonchev–Trinajstić information content (AvgIpc) is 3.40. The highest BCUT2D eigenvalue weighted by Crippen LogP contribution is 2.42. The lowest BCUT2D eigenvalue weighted by Crippen LogP contribution is -2.36. The number of aryl methyl sites for hydroxylation is 1. The van der Waals surface area contributed by atoms with E-state index in [1.165, 1.54) is 29.9 Å². The highest BCUT2D eigenvalue weighted by atomic mass is 32.2. The first-order valence-corrected chi connectivity index (χ1v) is 14.1. The molecule has 0 radical (unpaired) electrons. The molecule has 4 aromatic rings. The molecule has 1 fully saturated rings. The predicted molar refractivity (Wildman–Crippen MR) is 146 cm³/mol. The Morgan fingerprint density at radius 3 is 2.62 bits per heavy atom. The van der Waals surface area contributed by atoms with Crippen molar-refractivity contribution >= 4 is 40.2 Å². The molecule has 13 heteroatoms. The number of anilines is 2. The van der Waals surface area contributed by atoms with Gasteiger partial charge in [0.1, 0.15) is 11.6 Å². The summed E-state index contributed by atoms with van der Waals surface area (Å²) in [5.74, 6) is 2.05. The Morgan fingerprint density at radius 2 is 1.90 bits per heavy atom. The molecule has 0 unspecified atom stereocenters. The third kappa shape index (κ3) is 6.53. The van der Waals surface area contributed by atoms with Crippen LogP contribution in [0.3, 0.4) is 0 Å². The lowest BCUT2D eigenvalue weighted by molar-refractivity contribution is -0.139. The number of pyridine rings is 2. The monoisotopic (exact) mass is 586 g/mol. The highest BCUT2D eigenvalue weighted by molar-refractivity contribution is 7.99. The van der Waals surface area contributed by atoms with E-state index in [1.54, 1.807) is 44.3 Å². The van der Waals surface area contributed by atoms with Gasteiger partial charge in [0.25, 0.3) is 0 Å². The van der Waals surface area contributed by atoms with Crippen LogP contribution in [0.15, 0.2) is 64.6 Å². The van der Waals surface area contributed by atoms with E-state index in [2.05, 4.69) is 24.6 Å². The minimum atomic E-state index is -4.48. The van der Waals surface area contributed by atoms with Crippen molar-refractivity contribution in [1.82, 2.24) is 24.2 Å². The number of benzene rings is 1. The molecule has 0 atom stereocenters. The molecule has 40 heavy (non-hydrogen) atoms. The number of likely N-dealkylation sites (tertiary alicyclic amines) is 1. The molecule has 1 aromatic carbocycles. The number of aromatic nitrogens is 4. The molecule has 1 saturated heterocycles. The first kappa shape index (κ1) is 27.8. The maximum atomic E-state index is 13.6. The van der Waals surface area contributed by atoms with Crippen LogP contribution in [-0.4, -0.2) is 43.2 Å². The van der Waals surface area contributed by atoms with E-state index < -0.39 is 11.7 Å². The number of ether oxygens (including phenoxy) is 1. The van der Waals surface area contributed by atoms with Crippen LogP contribution >= 0.6 is 23.3 Å². The van der Waals surface area contributed by atoms with Gasteiger partial charge in [0, 0.05) is 65.7 Å². The standard InChI is InChI=1S/C27H25F3N6O2S2/c1-16-21(7-5-11-31-16)38-22-14-19(39-23-8-4-3-6-20(23)27(28,29)30)15-32-25(22)34-26-33-24(35-40-26)18-9-12-36(13-10-18)17(2)37/h3-8,11,14-15,18H,9-10,12-13H2,1-2H3,(H,32,33,34,35). The second-order valence-corrected chi connectivity index (χ2v) is 11.0. The van der Waals surface area contributed by atoms with Crippen molar-refractivity contribution in [3.8, 4) is 11.5 Å². The number of hydrogen-bond donors (Lipinski definition) is 1. The molecule has 5 rings (SSSR count). The number of alkyl halides is 3. The number of rotatable bonds is 7. The number of piperidine rings is 1. The first-order chi connectivity index (χ1) is 19.2. The van der Waals surface area contributed by atoms with Gasteiger partial charge in [-0.3, -0.25) is 9.78 Å². The van der Waals surface area contributed by atoms with Gasteiger partial charge in [-0.05, 0) is 44.0 Å². The Kier molecular flexibility index (Phi) is 8.22. The Morgan fingerprint density at radius 1 is 1.12 bits per heavy atom. The van der Waals surface area contributed by atoms with Crippen molar-refractivity contribution in [2.24, 2.45) is 0 Å². The molecule has 4 heterocycles. The van der Waals surface area contributed by atoms with Crippen LogP contribution in [-0.2, 0) is 11.0 Å². The molecule has 1 aliphatic heterocycles. The number of amides is 1. The summed E-state index contributed by atoms with van der Waals surface area (Å²) in [5, 5.41) is 3.67. The van der Waals surface area contributed by atoms with Crippen LogP contribution in [0.4, 0.5) is 24.1 Å². The lowest BCUT2D eigenvalue weighted by atomic mass is 9.96. The third-order valence-electron chi connectivity index (χ3n) is 6.40. The highest BCUT2D eigenvalue weighted by Gasteiger charge is 2.33. The number of halogens is 3. The average molecular weight is 587 g/mol. The fraction of sp³-hybridized carbons (Fsp3) is 0.296. The fourth-order valence-electron chi connectivity index (χ4n) is 4.27. The van der Waals surface area contributed by atoms with Gasteiger partial charge in [-0.2, -0.15) is 17.5 Å². The summed E-state index contributed by atoms with van der Waals surface area (Å²) in [5.41, 5.74) is -0.0765. The predicted octanol–water partition coefficient (Wildman–Crippen LogP) is 7.07. The second kappa shape index (κ2) is 11.8. The number of carbonyl (C=O) groups is 1. The molecule has 3 aromatic heterocycles. The summed E-state index contributed by atoms with van der Waals surface area (Å²) < 4.78 is 51.3. The molecule has 1 N–H and O–H groups in total. The Labute approximate surface area is 237 Å². The van der Waals surface area contributed by atoms with E-state index >= 15 is 0 Å². The normalized spacial score (nSPS) is 14.3. The Balaban J connectivity index is 1.40. The number of nitrogens with zero attached hydrogens (tertiary/aromatic N) is 5. The number of hydrogen-bond acceptors (Lipinski definition) is 9. The second-order valence-electron chi connectivity index (χ2n) is 9.17. The Bertz CT molecular complexity index is 1510. The number of carbonyl (C=O) groups excluding carboxylic acids is 1. The zero-order valence-corrected chi connectivity index (χ0v) is 23.2. The summed E-state index contributed by atoms with van der Waals surface area (Å²) in [6, 6.07) is 10.5. The molecule has 1 aliphatic rings. The van der Waals surface area contributed by atoms with Gasteiger partial charge in [-0.25, -0.2) is 9.97 Å². The van der Waals surface area contributed by atoms with Crippen LogP contribution in [0, 0.1) is 6.92 Å². The van der Waals surface area contributed by atoms with Crippen LogP contribution in [0.5, 0.6) is 11.5 Å². The topological polar surface area (TPSA) is 93.1 Å². The quantitative estimate of drug-likeness (QED) is 0.246. The maximum absolute atomic E-state index is 13.6. The summed E-state index contributed by atoms with van der Waals surface area (Å²) in [4.78, 5) is 27.4. The SMILES string of the molecule is CC(=O)N1CCC(c2nsc(Nc3ncc(Sc4ccccc4C(F)(F)F)cc3Oc3cccnc3C)n2)CC1. The first-order valence-electron chi connectivity index (χ1n) is 12.5. The molecule has 8 nitrogen and oxygen atoms in total. The molecule has 1 amide bonds. The molecule has 208 valence electrons. The van der Waals surface area contributed by atoms with Crippen LogP contribution in [0.1, 0.15) is 42.8 Å². The van der Waals surface area contributed by atoms with Gasteiger partial charge in [0.05, 0.1) is 11.3 Å². The van der Waals surface area contributed by atoms with E-state index in [0.717, 1.165) is 30.7 Å². The van der Waals surface area contributed by atoms with E-state index in [4.69, 9.17) is 4.74 Å². The summed E-state index contributed by atoms with van der Waals surface area (Å²) in [7, 11) is 0. The van der Waals surface area contributed by atoms with Gasteiger partial charge in [-0.1, -0.05) is 23.9 Å². The zero-order chi connectivity index (χ0) is 28.3. The molecule has 0 aliphatic carbocycles.